The monoisotopic (exact) mass is 344 g/mol. The van der Waals surface area contributed by atoms with Gasteiger partial charge >= 0.3 is 5.97 Å². The third kappa shape index (κ3) is 4.68. The van der Waals surface area contributed by atoms with Crippen LogP contribution in [0.1, 0.15) is 31.9 Å². The van der Waals surface area contributed by atoms with Crippen LogP contribution in [-0.4, -0.2) is 41.9 Å². The highest BCUT2D eigenvalue weighted by molar-refractivity contribution is 5.89. The van der Waals surface area contributed by atoms with Gasteiger partial charge in [0.2, 0.25) is 5.91 Å². The first kappa shape index (κ1) is 18.7. The zero-order chi connectivity index (χ0) is 18.4. The number of hydrogen-bond donors (Lipinski definition) is 1. The fraction of sp³-hybridized carbons (Fsp3) is 0.421. The molecule has 1 heterocycles. The Hall–Kier alpha value is -2.63. The van der Waals surface area contributed by atoms with Crippen molar-refractivity contribution in [2.24, 2.45) is 5.92 Å². The molecule has 0 spiro atoms. The number of likely N-dealkylation sites (tertiary alicyclic amines) is 1. The van der Waals surface area contributed by atoms with Gasteiger partial charge in [-0.1, -0.05) is 36.4 Å². The van der Waals surface area contributed by atoms with Crippen molar-refractivity contribution in [1.82, 2.24) is 10.2 Å². The highest BCUT2D eigenvalue weighted by Gasteiger charge is 2.38. The molecule has 1 saturated heterocycles. The van der Waals surface area contributed by atoms with Crippen LogP contribution >= 0.6 is 0 Å². The van der Waals surface area contributed by atoms with Crippen LogP contribution in [0, 0.1) is 5.92 Å². The fourth-order valence-electron chi connectivity index (χ4n) is 2.82. The molecule has 0 unspecified atom stereocenters. The molecule has 1 fully saturated rings. The summed E-state index contributed by atoms with van der Waals surface area (Å²) in [6, 6.07) is 9.55. The van der Waals surface area contributed by atoms with Gasteiger partial charge in [0.15, 0.2) is 6.10 Å². The molecule has 6 nitrogen and oxygen atoms in total. The summed E-state index contributed by atoms with van der Waals surface area (Å²) in [6.45, 7) is 7.57. The van der Waals surface area contributed by atoms with Crippen LogP contribution in [0.4, 0.5) is 0 Å². The van der Waals surface area contributed by atoms with E-state index in [0.29, 0.717) is 13.1 Å². The van der Waals surface area contributed by atoms with E-state index in [2.05, 4.69) is 11.9 Å². The molecule has 1 aromatic rings. The number of benzene rings is 1. The molecule has 1 N–H and O–H groups in total. The molecule has 0 radical (unpaired) electrons. The number of nitrogens with one attached hydrogen (secondary N) is 1. The van der Waals surface area contributed by atoms with Crippen molar-refractivity contribution in [3.8, 4) is 0 Å². The summed E-state index contributed by atoms with van der Waals surface area (Å²) in [4.78, 5) is 38.0. The number of carbonyl (C=O) groups excluding carboxylic acids is 3. The van der Waals surface area contributed by atoms with E-state index < -0.39 is 18.0 Å². The molecular formula is C19H24N2O4. The minimum atomic E-state index is -0.900. The van der Waals surface area contributed by atoms with Crippen LogP contribution in [0.2, 0.25) is 0 Å². The smallest absolute Gasteiger partial charge is 0.312 e. The van der Waals surface area contributed by atoms with Gasteiger partial charge in [-0.3, -0.25) is 14.4 Å². The lowest BCUT2D eigenvalue weighted by Gasteiger charge is -2.25. The number of hydrogen-bond acceptors (Lipinski definition) is 4. The molecule has 3 atom stereocenters. The number of ether oxygens (including phenoxy) is 1. The zero-order valence-electron chi connectivity index (χ0n) is 14.6. The van der Waals surface area contributed by atoms with Gasteiger partial charge in [-0.25, -0.2) is 0 Å². The van der Waals surface area contributed by atoms with Crippen molar-refractivity contribution >= 4 is 17.8 Å². The fourth-order valence-corrected chi connectivity index (χ4v) is 2.82. The van der Waals surface area contributed by atoms with Crippen molar-refractivity contribution < 1.29 is 19.1 Å². The van der Waals surface area contributed by atoms with Gasteiger partial charge in [0.25, 0.3) is 5.91 Å². The summed E-state index contributed by atoms with van der Waals surface area (Å²) in [6.07, 6.45) is 0.755. The van der Waals surface area contributed by atoms with Crippen molar-refractivity contribution in [2.45, 2.75) is 32.4 Å². The number of esters is 1. The molecule has 1 aromatic carbocycles. The lowest BCUT2D eigenvalue weighted by molar-refractivity contribution is -0.158. The largest absolute Gasteiger partial charge is 0.452 e. The van der Waals surface area contributed by atoms with E-state index in [9.17, 15) is 14.4 Å². The van der Waals surface area contributed by atoms with Gasteiger partial charge < -0.3 is 15.0 Å². The van der Waals surface area contributed by atoms with E-state index in [1.807, 2.05) is 37.3 Å². The summed E-state index contributed by atoms with van der Waals surface area (Å²) in [5.74, 6) is -1.53. The van der Waals surface area contributed by atoms with Crippen LogP contribution in [0.25, 0.3) is 0 Å². The number of nitrogens with zero attached hydrogens (tertiary/aromatic N) is 1. The lowest BCUT2D eigenvalue weighted by Crippen LogP contribution is -2.37. The van der Waals surface area contributed by atoms with Crippen molar-refractivity contribution in [3.63, 3.8) is 0 Å². The highest BCUT2D eigenvalue weighted by Crippen LogP contribution is 2.29. The molecule has 1 aliphatic rings. The number of carbonyl (C=O) groups is 3. The molecular weight excluding hydrogens is 320 g/mol. The van der Waals surface area contributed by atoms with E-state index in [-0.39, 0.29) is 24.3 Å². The Morgan fingerprint density at radius 3 is 2.68 bits per heavy atom. The maximum atomic E-state index is 12.3. The Balaban J connectivity index is 1.94. The summed E-state index contributed by atoms with van der Waals surface area (Å²) in [7, 11) is 0. The maximum absolute atomic E-state index is 12.3. The highest BCUT2D eigenvalue weighted by atomic mass is 16.5. The van der Waals surface area contributed by atoms with Gasteiger partial charge in [-0.15, -0.1) is 6.58 Å². The quantitative estimate of drug-likeness (QED) is 0.605. The first-order valence-electron chi connectivity index (χ1n) is 8.37. The van der Waals surface area contributed by atoms with Crippen molar-refractivity contribution in [1.29, 1.82) is 0 Å². The van der Waals surface area contributed by atoms with Crippen molar-refractivity contribution in [3.05, 3.63) is 48.6 Å². The van der Waals surface area contributed by atoms with Crippen LogP contribution in [0.5, 0.6) is 0 Å². The first-order valence-corrected chi connectivity index (χ1v) is 8.37. The average molecular weight is 344 g/mol. The van der Waals surface area contributed by atoms with E-state index in [1.54, 1.807) is 11.0 Å². The SMILES string of the molecule is C=CCNC(=O)[C@H](C)OC(=O)[C@@H]1CC(=O)N([C@H](C)c2ccccc2)C1. The second-order valence-electron chi connectivity index (χ2n) is 6.15. The number of rotatable bonds is 7. The molecule has 6 heteroatoms. The first-order chi connectivity index (χ1) is 11.9. The third-order valence-electron chi connectivity index (χ3n) is 4.32. The minimum absolute atomic E-state index is 0.0814. The van der Waals surface area contributed by atoms with Gasteiger partial charge in [0.1, 0.15) is 0 Å². The molecule has 2 rings (SSSR count). The van der Waals surface area contributed by atoms with E-state index in [4.69, 9.17) is 4.74 Å². The number of amides is 2. The van der Waals surface area contributed by atoms with E-state index in [1.165, 1.54) is 6.92 Å². The molecule has 25 heavy (non-hydrogen) atoms. The van der Waals surface area contributed by atoms with Crippen LogP contribution in [0.3, 0.4) is 0 Å². The Bertz CT molecular complexity index is 644. The molecule has 0 bridgehead atoms. The Kier molecular flexibility index (Phi) is 6.33. The normalized spacial score (nSPS) is 19.2. The average Bonchev–Trinajstić information content (AvgIpc) is 3.01. The topological polar surface area (TPSA) is 75.7 Å². The summed E-state index contributed by atoms with van der Waals surface area (Å²) >= 11 is 0. The maximum Gasteiger partial charge on any atom is 0.312 e. The van der Waals surface area contributed by atoms with Gasteiger partial charge in [0.05, 0.1) is 12.0 Å². The lowest BCUT2D eigenvalue weighted by atomic mass is 10.1. The predicted molar refractivity (Wildman–Crippen MR) is 93.4 cm³/mol. The molecule has 134 valence electrons. The van der Waals surface area contributed by atoms with E-state index in [0.717, 1.165) is 5.56 Å². The van der Waals surface area contributed by atoms with Crippen LogP contribution in [-0.2, 0) is 19.1 Å². The Morgan fingerprint density at radius 2 is 2.04 bits per heavy atom. The molecule has 0 saturated carbocycles. The third-order valence-corrected chi connectivity index (χ3v) is 4.32. The molecule has 0 aromatic heterocycles. The second-order valence-corrected chi connectivity index (χ2v) is 6.15. The Morgan fingerprint density at radius 1 is 1.36 bits per heavy atom. The minimum Gasteiger partial charge on any atom is -0.452 e. The molecule has 2 amide bonds. The van der Waals surface area contributed by atoms with Gasteiger partial charge in [0, 0.05) is 19.5 Å². The standard InChI is InChI=1S/C19H24N2O4/c1-4-10-20-18(23)14(3)25-19(24)16-11-17(22)21(12-16)13(2)15-8-6-5-7-9-15/h4-9,13-14,16H,1,10-12H2,2-3H3,(H,20,23)/t13-,14+,16-/m1/s1. The van der Waals surface area contributed by atoms with E-state index >= 15 is 0 Å². The zero-order valence-corrected chi connectivity index (χ0v) is 14.6. The summed E-state index contributed by atoms with van der Waals surface area (Å²) in [5.41, 5.74) is 1.02. The van der Waals surface area contributed by atoms with Crippen molar-refractivity contribution in [2.75, 3.05) is 13.1 Å². The van der Waals surface area contributed by atoms with Crippen LogP contribution in [0.15, 0.2) is 43.0 Å². The van der Waals surface area contributed by atoms with Gasteiger partial charge in [-0.05, 0) is 19.4 Å². The summed E-state index contributed by atoms with van der Waals surface area (Å²) in [5, 5.41) is 2.57. The van der Waals surface area contributed by atoms with Crippen LogP contribution < -0.4 is 5.32 Å². The Labute approximate surface area is 147 Å². The molecule has 1 aliphatic heterocycles. The van der Waals surface area contributed by atoms with Gasteiger partial charge in [-0.2, -0.15) is 0 Å². The predicted octanol–water partition coefficient (Wildman–Crippen LogP) is 1.83. The summed E-state index contributed by atoms with van der Waals surface area (Å²) < 4.78 is 5.21. The molecule has 0 aliphatic carbocycles. The second kappa shape index (κ2) is 8.46.